The van der Waals surface area contributed by atoms with E-state index in [1.54, 1.807) is 17.0 Å². The van der Waals surface area contributed by atoms with Crippen LogP contribution in [0.5, 0.6) is 0 Å². The van der Waals surface area contributed by atoms with Crippen LogP contribution in [0.4, 0.5) is 5.69 Å². The van der Waals surface area contributed by atoms with E-state index in [1.807, 2.05) is 75.4 Å². The van der Waals surface area contributed by atoms with Gasteiger partial charge < -0.3 is 10.2 Å². The van der Waals surface area contributed by atoms with Gasteiger partial charge in [-0.2, -0.15) is 0 Å². The summed E-state index contributed by atoms with van der Waals surface area (Å²) in [7, 11) is -3.67. The molecule has 4 rings (SSSR count). The van der Waals surface area contributed by atoms with Gasteiger partial charge in [0.2, 0.25) is 11.8 Å². The number of rotatable bonds is 12. The monoisotopic (exact) mass is 535 g/mol. The minimum atomic E-state index is -3.67. The van der Waals surface area contributed by atoms with Gasteiger partial charge in [-0.05, 0) is 48.3 Å². The third-order valence-electron chi connectivity index (χ3n) is 6.99. The van der Waals surface area contributed by atoms with Crippen LogP contribution in [0.15, 0.2) is 71.6 Å². The molecule has 1 atom stereocenters. The van der Waals surface area contributed by atoms with Gasteiger partial charge in [0.05, 0.1) is 10.6 Å². The Labute approximate surface area is 225 Å². The average Bonchev–Trinajstić information content (AvgIpc) is 3.13. The molecular formula is C30H37N3O4S. The van der Waals surface area contributed by atoms with Crippen molar-refractivity contribution in [3.63, 3.8) is 0 Å². The van der Waals surface area contributed by atoms with Gasteiger partial charge >= 0.3 is 0 Å². The summed E-state index contributed by atoms with van der Waals surface area (Å²) in [5.41, 5.74) is 1.75. The molecule has 2 amide bonds. The highest BCUT2D eigenvalue weighted by Gasteiger charge is 2.35. The van der Waals surface area contributed by atoms with Crippen molar-refractivity contribution in [1.29, 1.82) is 0 Å². The first-order chi connectivity index (χ1) is 18.2. The van der Waals surface area contributed by atoms with Gasteiger partial charge in [-0.25, -0.2) is 8.42 Å². The molecule has 7 nitrogen and oxygen atoms in total. The van der Waals surface area contributed by atoms with Crippen molar-refractivity contribution in [3.05, 3.63) is 72.3 Å². The molecular weight excluding hydrogens is 498 g/mol. The second-order valence-electron chi connectivity index (χ2n) is 10.2. The second kappa shape index (κ2) is 12.0. The van der Waals surface area contributed by atoms with Gasteiger partial charge in [-0.3, -0.25) is 13.9 Å². The van der Waals surface area contributed by atoms with E-state index >= 15 is 0 Å². The topological polar surface area (TPSA) is 86.8 Å². The number of carbonyl (C=O) groups excluding carboxylic acids is 2. The lowest BCUT2D eigenvalue weighted by Gasteiger charge is -2.31. The molecule has 0 spiro atoms. The molecule has 0 aliphatic carbocycles. The molecule has 1 heterocycles. The Morgan fingerprint density at radius 2 is 1.68 bits per heavy atom. The van der Waals surface area contributed by atoms with Crippen LogP contribution >= 0.6 is 0 Å². The Bertz CT molecular complexity index is 1380. The molecule has 3 aromatic rings. The maximum atomic E-state index is 13.5. The number of sulfonamides is 1. The molecule has 38 heavy (non-hydrogen) atoms. The van der Waals surface area contributed by atoms with Crippen molar-refractivity contribution in [2.45, 2.75) is 57.4 Å². The van der Waals surface area contributed by atoms with E-state index in [2.05, 4.69) is 5.32 Å². The number of hydrogen-bond acceptors (Lipinski definition) is 4. The fourth-order valence-corrected chi connectivity index (χ4v) is 6.78. The van der Waals surface area contributed by atoms with E-state index in [-0.39, 0.29) is 24.8 Å². The standard InChI is InChI=1S/C30H37N3O4S/c1-4-25(30(35)31-21-22(2)3)32(20-18-23-11-6-5-7-12-23)28(34)17-10-19-33-26-15-8-13-24-14-9-16-27(29(24)26)38(33,36)37/h5-9,11-16,22,25H,4,10,17-21H2,1-3H3,(H,31,35)/t25-/m0/s1. The van der Waals surface area contributed by atoms with Crippen molar-refractivity contribution < 1.29 is 18.0 Å². The summed E-state index contributed by atoms with van der Waals surface area (Å²) >= 11 is 0. The molecule has 0 bridgehead atoms. The lowest BCUT2D eigenvalue weighted by Crippen LogP contribution is -2.50. The summed E-state index contributed by atoms with van der Waals surface area (Å²) in [4.78, 5) is 28.6. The largest absolute Gasteiger partial charge is 0.354 e. The molecule has 0 unspecified atom stereocenters. The molecule has 0 fully saturated rings. The molecule has 0 aromatic heterocycles. The fraction of sp³-hybridized carbons (Fsp3) is 0.400. The predicted molar refractivity (Wildman–Crippen MR) is 151 cm³/mol. The first kappa shape index (κ1) is 27.6. The van der Waals surface area contributed by atoms with Crippen molar-refractivity contribution in [3.8, 4) is 0 Å². The number of hydrogen-bond donors (Lipinski definition) is 1. The van der Waals surface area contributed by atoms with E-state index in [9.17, 15) is 18.0 Å². The number of benzene rings is 3. The minimum Gasteiger partial charge on any atom is -0.354 e. The smallest absolute Gasteiger partial charge is 0.265 e. The van der Waals surface area contributed by atoms with E-state index < -0.39 is 16.1 Å². The number of nitrogens with one attached hydrogen (secondary N) is 1. The van der Waals surface area contributed by atoms with Gasteiger partial charge in [0.25, 0.3) is 10.0 Å². The molecule has 202 valence electrons. The molecule has 0 radical (unpaired) electrons. The normalized spacial score (nSPS) is 14.6. The SMILES string of the molecule is CC[C@@H](C(=O)NCC(C)C)N(CCc1ccccc1)C(=O)CCCN1c2cccc3cccc(c23)S1(=O)=O. The van der Waals surface area contributed by atoms with E-state index in [0.29, 0.717) is 48.9 Å². The summed E-state index contributed by atoms with van der Waals surface area (Å²) < 4.78 is 28.0. The molecule has 3 aromatic carbocycles. The van der Waals surface area contributed by atoms with Crippen molar-refractivity contribution in [2.75, 3.05) is 23.9 Å². The van der Waals surface area contributed by atoms with Crippen LogP contribution < -0.4 is 9.62 Å². The van der Waals surface area contributed by atoms with Crippen molar-refractivity contribution in [2.24, 2.45) is 5.92 Å². The van der Waals surface area contributed by atoms with E-state index in [1.165, 1.54) is 4.31 Å². The molecule has 1 aliphatic heterocycles. The Morgan fingerprint density at radius 1 is 0.974 bits per heavy atom. The van der Waals surface area contributed by atoms with Crippen LogP contribution in [-0.4, -0.2) is 50.8 Å². The number of nitrogens with zero attached hydrogens (tertiary/aromatic N) is 2. The zero-order chi connectivity index (χ0) is 27.3. The maximum Gasteiger partial charge on any atom is 0.265 e. The van der Waals surface area contributed by atoms with Crippen molar-refractivity contribution >= 4 is 38.3 Å². The lowest BCUT2D eigenvalue weighted by atomic mass is 10.1. The zero-order valence-electron chi connectivity index (χ0n) is 22.4. The van der Waals surface area contributed by atoms with Gasteiger partial charge in [-0.15, -0.1) is 0 Å². The predicted octanol–water partition coefficient (Wildman–Crippen LogP) is 4.75. The Morgan fingerprint density at radius 3 is 2.37 bits per heavy atom. The summed E-state index contributed by atoms with van der Waals surface area (Å²) in [6.07, 6.45) is 1.65. The number of carbonyl (C=O) groups is 2. The third kappa shape index (κ3) is 5.85. The van der Waals surface area contributed by atoms with Crippen LogP contribution in [0.1, 0.15) is 45.6 Å². The summed E-state index contributed by atoms with van der Waals surface area (Å²) in [6, 6.07) is 20.2. The summed E-state index contributed by atoms with van der Waals surface area (Å²) in [5, 5.41) is 4.60. The first-order valence-electron chi connectivity index (χ1n) is 13.4. The van der Waals surface area contributed by atoms with Gasteiger partial charge in [-0.1, -0.05) is 75.4 Å². The van der Waals surface area contributed by atoms with E-state index in [4.69, 9.17) is 0 Å². The zero-order valence-corrected chi connectivity index (χ0v) is 23.2. The Hall–Kier alpha value is -3.39. The van der Waals surface area contributed by atoms with Crippen LogP contribution in [-0.2, 0) is 26.0 Å². The molecule has 8 heteroatoms. The molecule has 0 saturated heterocycles. The maximum absolute atomic E-state index is 13.5. The quantitative estimate of drug-likeness (QED) is 0.363. The third-order valence-corrected chi connectivity index (χ3v) is 8.84. The molecule has 0 saturated carbocycles. The molecule has 1 aliphatic rings. The van der Waals surface area contributed by atoms with Crippen LogP contribution in [0.2, 0.25) is 0 Å². The average molecular weight is 536 g/mol. The highest BCUT2D eigenvalue weighted by atomic mass is 32.2. The fourth-order valence-electron chi connectivity index (χ4n) is 5.03. The van der Waals surface area contributed by atoms with Crippen LogP contribution in [0.25, 0.3) is 10.8 Å². The van der Waals surface area contributed by atoms with Crippen molar-refractivity contribution in [1.82, 2.24) is 10.2 Å². The van der Waals surface area contributed by atoms with Gasteiger partial charge in [0.15, 0.2) is 0 Å². The lowest BCUT2D eigenvalue weighted by molar-refractivity contribution is -0.140. The van der Waals surface area contributed by atoms with Gasteiger partial charge in [0, 0.05) is 31.4 Å². The summed E-state index contributed by atoms with van der Waals surface area (Å²) in [6.45, 7) is 7.15. The Balaban J connectivity index is 1.47. The van der Waals surface area contributed by atoms with Crippen LogP contribution in [0.3, 0.4) is 0 Å². The van der Waals surface area contributed by atoms with Crippen LogP contribution in [0, 0.1) is 5.92 Å². The second-order valence-corrected chi connectivity index (χ2v) is 12.0. The number of amides is 2. The highest BCUT2D eigenvalue weighted by molar-refractivity contribution is 7.93. The Kier molecular flexibility index (Phi) is 8.72. The van der Waals surface area contributed by atoms with Gasteiger partial charge in [0.1, 0.15) is 6.04 Å². The highest BCUT2D eigenvalue weighted by Crippen LogP contribution is 2.42. The minimum absolute atomic E-state index is 0.139. The first-order valence-corrected chi connectivity index (χ1v) is 14.8. The molecule has 1 N–H and O–H groups in total. The number of anilines is 1. The van der Waals surface area contributed by atoms with E-state index in [0.717, 1.165) is 16.3 Å². The summed E-state index contributed by atoms with van der Waals surface area (Å²) in [5.74, 6) is 0.0209.